The highest BCUT2D eigenvalue weighted by atomic mass is 19.1. The number of hydrogen-bond donors (Lipinski definition) is 1. The van der Waals surface area contributed by atoms with Gasteiger partial charge in [-0.3, -0.25) is 4.79 Å². The van der Waals surface area contributed by atoms with Crippen LogP contribution in [0, 0.1) is 11.7 Å². The quantitative estimate of drug-likeness (QED) is 0.449. The largest absolute Gasteiger partial charge is 0.310 e. The van der Waals surface area contributed by atoms with Gasteiger partial charge in [0.15, 0.2) is 11.5 Å². The first-order valence-corrected chi connectivity index (χ1v) is 10.4. The molecule has 0 spiro atoms. The number of carbonyl (C=O) groups is 1. The minimum Gasteiger partial charge on any atom is -0.310 e. The van der Waals surface area contributed by atoms with Crippen LogP contribution < -0.4 is 5.32 Å². The number of amides is 1. The van der Waals surface area contributed by atoms with Crippen molar-refractivity contribution >= 4 is 17.4 Å². The molecule has 1 amide bonds. The highest BCUT2D eigenvalue weighted by Crippen LogP contribution is 2.34. The van der Waals surface area contributed by atoms with E-state index in [-0.39, 0.29) is 17.6 Å². The van der Waals surface area contributed by atoms with E-state index in [4.69, 9.17) is 5.10 Å². The summed E-state index contributed by atoms with van der Waals surface area (Å²) in [6, 6.07) is 13.4. The highest BCUT2D eigenvalue weighted by Gasteiger charge is 2.29. The topological polar surface area (TPSA) is 103 Å². The third-order valence-electron chi connectivity index (χ3n) is 5.48. The molecule has 5 aromatic rings. The van der Waals surface area contributed by atoms with Crippen molar-refractivity contribution in [1.82, 2.24) is 34.6 Å². The molecular formula is C23H17FN8O. The van der Waals surface area contributed by atoms with Crippen LogP contribution in [0.5, 0.6) is 0 Å². The van der Waals surface area contributed by atoms with Crippen molar-refractivity contribution in [3.05, 3.63) is 73.1 Å². The molecule has 10 heteroatoms. The van der Waals surface area contributed by atoms with Gasteiger partial charge in [0.05, 0.1) is 0 Å². The molecule has 0 saturated heterocycles. The fourth-order valence-electron chi connectivity index (χ4n) is 3.60. The van der Waals surface area contributed by atoms with Crippen LogP contribution >= 0.6 is 0 Å². The number of anilines is 1. The molecule has 1 aliphatic rings. The van der Waals surface area contributed by atoms with Crippen LogP contribution in [0.25, 0.3) is 33.8 Å². The molecule has 1 N–H and O–H groups in total. The van der Waals surface area contributed by atoms with E-state index in [0.29, 0.717) is 23.0 Å². The molecule has 6 rings (SSSR count). The SMILES string of the molecule is O=C(Nc1cc(-c2cn(-c3ccc4nncn4n3)nc2-c2ccc(F)cc2)ccn1)C1CC1. The second-order valence-corrected chi connectivity index (χ2v) is 7.86. The molecule has 4 heterocycles. The lowest BCUT2D eigenvalue weighted by Crippen LogP contribution is -2.14. The van der Waals surface area contributed by atoms with Crippen molar-refractivity contribution < 1.29 is 9.18 Å². The average Bonchev–Trinajstić information content (AvgIpc) is 3.42. The molecule has 0 bridgehead atoms. The number of pyridine rings is 1. The summed E-state index contributed by atoms with van der Waals surface area (Å²) in [5, 5.41) is 20.0. The third kappa shape index (κ3) is 3.71. The Morgan fingerprint density at radius 3 is 2.70 bits per heavy atom. The van der Waals surface area contributed by atoms with Crippen molar-refractivity contribution in [2.45, 2.75) is 12.8 Å². The summed E-state index contributed by atoms with van der Waals surface area (Å²) in [6.45, 7) is 0. The average molecular weight is 440 g/mol. The molecule has 4 aromatic heterocycles. The summed E-state index contributed by atoms with van der Waals surface area (Å²) in [5.41, 5.74) is 3.61. The van der Waals surface area contributed by atoms with Gasteiger partial charge in [-0.2, -0.15) is 9.61 Å². The van der Waals surface area contributed by atoms with Crippen LogP contribution in [0.1, 0.15) is 12.8 Å². The van der Waals surface area contributed by atoms with Crippen LogP contribution in [0.4, 0.5) is 10.2 Å². The van der Waals surface area contributed by atoms with Gasteiger partial charge >= 0.3 is 0 Å². The van der Waals surface area contributed by atoms with Crippen molar-refractivity contribution in [3.8, 4) is 28.2 Å². The zero-order valence-electron chi connectivity index (χ0n) is 17.3. The van der Waals surface area contributed by atoms with Gasteiger partial charge in [0, 0.05) is 29.4 Å². The van der Waals surface area contributed by atoms with Gasteiger partial charge in [0.25, 0.3) is 0 Å². The number of benzene rings is 1. The van der Waals surface area contributed by atoms with Crippen molar-refractivity contribution in [2.24, 2.45) is 5.92 Å². The number of carbonyl (C=O) groups excluding carboxylic acids is 1. The highest BCUT2D eigenvalue weighted by molar-refractivity contribution is 5.94. The summed E-state index contributed by atoms with van der Waals surface area (Å²) in [7, 11) is 0. The van der Waals surface area contributed by atoms with Gasteiger partial charge < -0.3 is 5.32 Å². The van der Waals surface area contributed by atoms with Gasteiger partial charge in [0.1, 0.15) is 23.7 Å². The second kappa shape index (κ2) is 7.59. The summed E-state index contributed by atoms with van der Waals surface area (Å²) < 4.78 is 16.8. The number of halogens is 1. The lowest BCUT2D eigenvalue weighted by molar-refractivity contribution is -0.117. The van der Waals surface area contributed by atoms with Crippen molar-refractivity contribution in [1.29, 1.82) is 0 Å². The standard InChI is InChI=1S/C23H17FN8O/c24-17-5-3-14(4-6-17)22-18(16-9-10-25-19(11-16)27-23(33)15-1-2-15)12-31(30-22)21-8-7-20-28-26-13-32(20)29-21/h3-13,15H,1-2H2,(H,25,27,33). The lowest BCUT2D eigenvalue weighted by Gasteiger charge is -2.07. The van der Waals surface area contributed by atoms with E-state index < -0.39 is 0 Å². The zero-order valence-corrected chi connectivity index (χ0v) is 17.3. The van der Waals surface area contributed by atoms with Crippen LogP contribution in [0.15, 0.2) is 67.3 Å². The summed E-state index contributed by atoms with van der Waals surface area (Å²) in [4.78, 5) is 16.5. The van der Waals surface area contributed by atoms with Gasteiger partial charge in [0.2, 0.25) is 5.91 Å². The number of fused-ring (bicyclic) bond motifs is 1. The van der Waals surface area contributed by atoms with E-state index in [0.717, 1.165) is 29.5 Å². The molecule has 0 unspecified atom stereocenters. The Hall–Kier alpha value is -4.47. The molecular weight excluding hydrogens is 423 g/mol. The van der Waals surface area contributed by atoms with Gasteiger partial charge in [-0.1, -0.05) is 0 Å². The van der Waals surface area contributed by atoms with Crippen molar-refractivity contribution in [3.63, 3.8) is 0 Å². The van der Waals surface area contributed by atoms with E-state index in [2.05, 4.69) is 25.6 Å². The minimum atomic E-state index is -0.326. The zero-order chi connectivity index (χ0) is 22.4. The number of rotatable bonds is 5. The van der Waals surface area contributed by atoms with Crippen LogP contribution in [-0.4, -0.2) is 40.5 Å². The maximum Gasteiger partial charge on any atom is 0.228 e. The Bertz CT molecular complexity index is 1490. The van der Waals surface area contributed by atoms with Gasteiger partial charge in [-0.05, 0) is 66.9 Å². The second-order valence-electron chi connectivity index (χ2n) is 7.86. The fourth-order valence-corrected chi connectivity index (χ4v) is 3.60. The van der Waals surface area contributed by atoms with Crippen molar-refractivity contribution in [2.75, 3.05) is 5.32 Å². The molecule has 0 atom stereocenters. The lowest BCUT2D eigenvalue weighted by atomic mass is 10.0. The van der Waals surface area contributed by atoms with E-state index in [1.807, 2.05) is 18.3 Å². The Morgan fingerprint density at radius 1 is 1.03 bits per heavy atom. The Balaban J connectivity index is 1.45. The summed E-state index contributed by atoms with van der Waals surface area (Å²) in [6.07, 6.45) is 6.83. The normalized spacial score (nSPS) is 13.4. The molecule has 1 aromatic carbocycles. The molecule has 33 heavy (non-hydrogen) atoms. The third-order valence-corrected chi connectivity index (χ3v) is 5.48. The smallest absolute Gasteiger partial charge is 0.228 e. The Morgan fingerprint density at radius 2 is 1.88 bits per heavy atom. The molecule has 1 fully saturated rings. The number of nitrogens with one attached hydrogen (secondary N) is 1. The first-order valence-electron chi connectivity index (χ1n) is 10.4. The molecule has 0 radical (unpaired) electrons. The van der Waals surface area contributed by atoms with Crippen LogP contribution in [0.3, 0.4) is 0 Å². The predicted octanol–water partition coefficient (Wildman–Crippen LogP) is 3.53. The monoisotopic (exact) mass is 440 g/mol. The number of nitrogens with zero attached hydrogens (tertiary/aromatic N) is 7. The first kappa shape index (κ1) is 19.2. The maximum atomic E-state index is 13.6. The first-order chi connectivity index (χ1) is 16.1. The predicted molar refractivity (Wildman–Crippen MR) is 118 cm³/mol. The summed E-state index contributed by atoms with van der Waals surface area (Å²) >= 11 is 0. The molecule has 1 saturated carbocycles. The summed E-state index contributed by atoms with van der Waals surface area (Å²) in [5.74, 6) is 0.778. The number of hydrogen-bond acceptors (Lipinski definition) is 6. The molecule has 162 valence electrons. The van der Waals surface area contributed by atoms with Crippen LogP contribution in [-0.2, 0) is 4.79 Å². The molecule has 1 aliphatic carbocycles. The van der Waals surface area contributed by atoms with E-state index in [1.165, 1.54) is 18.5 Å². The maximum absolute atomic E-state index is 13.6. The minimum absolute atomic E-state index is 0.0134. The van der Waals surface area contributed by atoms with E-state index >= 15 is 0 Å². The van der Waals surface area contributed by atoms with Gasteiger partial charge in [-0.25, -0.2) is 14.1 Å². The number of aromatic nitrogens is 7. The fraction of sp³-hybridized carbons (Fsp3) is 0.130. The molecule has 0 aliphatic heterocycles. The molecule has 9 nitrogen and oxygen atoms in total. The van der Waals surface area contributed by atoms with E-state index in [9.17, 15) is 9.18 Å². The Labute approximate surface area is 186 Å². The van der Waals surface area contributed by atoms with E-state index in [1.54, 1.807) is 39.7 Å². The van der Waals surface area contributed by atoms with Crippen LogP contribution in [0.2, 0.25) is 0 Å². The Kier molecular flexibility index (Phi) is 4.42. The van der Waals surface area contributed by atoms with Gasteiger partial charge in [-0.15, -0.1) is 15.3 Å².